The van der Waals surface area contributed by atoms with Crippen LogP contribution in [0.5, 0.6) is 0 Å². The predicted octanol–water partition coefficient (Wildman–Crippen LogP) is 3.54. The number of benzene rings is 1. The molecule has 0 radical (unpaired) electrons. The quantitative estimate of drug-likeness (QED) is 0.862. The van der Waals surface area contributed by atoms with Crippen molar-refractivity contribution in [2.75, 3.05) is 5.32 Å². The van der Waals surface area contributed by atoms with Gasteiger partial charge in [-0.1, -0.05) is 18.2 Å². The number of hydrogen-bond donors (Lipinski definition) is 1. The summed E-state index contributed by atoms with van der Waals surface area (Å²) in [5.41, 5.74) is 1.68. The third kappa shape index (κ3) is 2.73. The number of carbonyl (C=O) groups is 1. The van der Waals surface area contributed by atoms with Crippen molar-refractivity contribution in [1.29, 1.82) is 0 Å². The van der Waals surface area contributed by atoms with Crippen molar-refractivity contribution < 1.29 is 9.18 Å². The molecule has 0 fully saturated rings. The van der Waals surface area contributed by atoms with E-state index in [9.17, 15) is 9.18 Å². The standard InChI is InChI=1S/C13H10BrFN2O/c1-8-4-2-5-9(12(8)14)17-13(18)10-6-3-7-11(15)16-10/h2-7H,1H3,(H,17,18). The molecular weight excluding hydrogens is 299 g/mol. The second kappa shape index (κ2) is 5.27. The lowest BCUT2D eigenvalue weighted by atomic mass is 10.2. The zero-order valence-electron chi connectivity index (χ0n) is 9.58. The SMILES string of the molecule is Cc1cccc(NC(=O)c2cccc(F)n2)c1Br. The summed E-state index contributed by atoms with van der Waals surface area (Å²) in [6.07, 6.45) is 0. The first-order valence-electron chi connectivity index (χ1n) is 5.27. The summed E-state index contributed by atoms with van der Waals surface area (Å²) in [4.78, 5) is 15.4. The molecule has 0 aliphatic rings. The van der Waals surface area contributed by atoms with Crippen molar-refractivity contribution >= 4 is 27.5 Å². The lowest BCUT2D eigenvalue weighted by molar-refractivity contribution is 0.102. The zero-order chi connectivity index (χ0) is 13.1. The van der Waals surface area contributed by atoms with Gasteiger partial charge >= 0.3 is 0 Å². The molecule has 2 rings (SSSR count). The largest absolute Gasteiger partial charge is 0.320 e. The molecule has 1 amide bonds. The van der Waals surface area contributed by atoms with E-state index in [0.29, 0.717) is 5.69 Å². The minimum Gasteiger partial charge on any atom is -0.320 e. The lowest BCUT2D eigenvalue weighted by Crippen LogP contribution is -2.14. The minimum absolute atomic E-state index is 0.0448. The van der Waals surface area contributed by atoms with Crippen molar-refractivity contribution in [3.8, 4) is 0 Å². The van der Waals surface area contributed by atoms with Crippen molar-refractivity contribution in [3.63, 3.8) is 0 Å². The molecule has 18 heavy (non-hydrogen) atoms. The molecule has 0 saturated heterocycles. The van der Waals surface area contributed by atoms with Crippen molar-refractivity contribution in [1.82, 2.24) is 4.98 Å². The van der Waals surface area contributed by atoms with Crippen molar-refractivity contribution in [2.24, 2.45) is 0 Å². The Labute approximate surface area is 112 Å². The van der Waals surface area contributed by atoms with E-state index >= 15 is 0 Å². The van der Waals surface area contributed by atoms with Crippen LogP contribution < -0.4 is 5.32 Å². The van der Waals surface area contributed by atoms with Gasteiger partial charge in [-0.25, -0.2) is 4.98 Å². The number of anilines is 1. The molecule has 0 spiro atoms. The summed E-state index contributed by atoms with van der Waals surface area (Å²) in [5.74, 6) is -1.12. The van der Waals surface area contributed by atoms with E-state index in [1.165, 1.54) is 18.2 Å². The summed E-state index contributed by atoms with van der Waals surface area (Å²) < 4.78 is 13.7. The van der Waals surface area contributed by atoms with Crippen LogP contribution >= 0.6 is 15.9 Å². The highest BCUT2D eigenvalue weighted by Crippen LogP contribution is 2.25. The molecule has 0 aliphatic heterocycles. The Hall–Kier alpha value is -1.75. The summed E-state index contributed by atoms with van der Waals surface area (Å²) in [5, 5.41) is 2.68. The van der Waals surface area contributed by atoms with E-state index in [1.54, 1.807) is 6.07 Å². The number of carbonyl (C=O) groups excluding carboxylic acids is 1. The van der Waals surface area contributed by atoms with Gasteiger partial charge in [0.1, 0.15) is 5.69 Å². The Balaban J connectivity index is 2.24. The van der Waals surface area contributed by atoms with Crippen LogP contribution in [0, 0.1) is 12.9 Å². The molecule has 1 aromatic heterocycles. The third-order valence-electron chi connectivity index (χ3n) is 2.39. The molecule has 0 bridgehead atoms. The first-order valence-corrected chi connectivity index (χ1v) is 6.06. The monoisotopic (exact) mass is 308 g/mol. The van der Waals surface area contributed by atoms with Gasteiger partial charge in [0.25, 0.3) is 5.91 Å². The minimum atomic E-state index is -0.675. The molecule has 0 unspecified atom stereocenters. The molecule has 92 valence electrons. The average Bonchev–Trinajstić information content (AvgIpc) is 2.35. The lowest BCUT2D eigenvalue weighted by Gasteiger charge is -2.08. The van der Waals surface area contributed by atoms with Gasteiger partial charge < -0.3 is 5.32 Å². The number of nitrogens with one attached hydrogen (secondary N) is 1. The number of nitrogens with zero attached hydrogens (tertiary/aromatic N) is 1. The van der Waals surface area contributed by atoms with Crippen LogP contribution in [-0.2, 0) is 0 Å². The highest BCUT2D eigenvalue weighted by Gasteiger charge is 2.10. The fraction of sp³-hybridized carbons (Fsp3) is 0.0769. The summed E-state index contributed by atoms with van der Waals surface area (Å²) >= 11 is 3.39. The van der Waals surface area contributed by atoms with Crippen molar-refractivity contribution in [2.45, 2.75) is 6.92 Å². The summed E-state index contributed by atoms with van der Waals surface area (Å²) in [6, 6.07) is 9.60. The predicted molar refractivity (Wildman–Crippen MR) is 71.0 cm³/mol. The first-order chi connectivity index (χ1) is 8.58. The maximum absolute atomic E-state index is 12.9. The van der Waals surface area contributed by atoms with E-state index in [-0.39, 0.29) is 5.69 Å². The smallest absolute Gasteiger partial charge is 0.274 e. The Morgan fingerprint density at radius 1 is 1.28 bits per heavy atom. The van der Waals surface area contributed by atoms with Crippen LogP contribution in [0.1, 0.15) is 16.1 Å². The van der Waals surface area contributed by atoms with Crippen LogP contribution in [0.25, 0.3) is 0 Å². The molecule has 0 atom stereocenters. The average molecular weight is 309 g/mol. The van der Waals surface area contributed by atoms with Crippen molar-refractivity contribution in [3.05, 3.63) is 58.1 Å². The molecule has 0 saturated carbocycles. The fourth-order valence-corrected chi connectivity index (χ4v) is 1.83. The van der Waals surface area contributed by atoms with E-state index in [4.69, 9.17) is 0 Å². The first kappa shape index (κ1) is 12.7. The maximum Gasteiger partial charge on any atom is 0.274 e. The molecule has 0 aliphatic carbocycles. The normalized spacial score (nSPS) is 10.2. The maximum atomic E-state index is 12.9. The zero-order valence-corrected chi connectivity index (χ0v) is 11.2. The Kier molecular flexibility index (Phi) is 3.72. The number of hydrogen-bond acceptors (Lipinski definition) is 2. The molecule has 1 aromatic carbocycles. The van der Waals surface area contributed by atoms with Gasteiger partial charge in [-0.05, 0) is 46.6 Å². The number of halogens is 2. The fourth-order valence-electron chi connectivity index (χ4n) is 1.47. The van der Waals surface area contributed by atoms with E-state index < -0.39 is 11.9 Å². The van der Waals surface area contributed by atoms with Gasteiger partial charge in [-0.3, -0.25) is 4.79 Å². The molecular formula is C13H10BrFN2O. The van der Waals surface area contributed by atoms with Gasteiger partial charge in [-0.2, -0.15) is 4.39 Å². The molecule has 3 nitrogen and oxygen atoms in total. The van der Waals surface area contributed by atoms with Gasteiger partial charge in [-0.15, -0.1) is 0 Å². The van der Waals surface area contributed by atoms with Gasteiger partial charge in [0.05, 0.1) is 5.69 Å². The van der Waals surface area contributed by atoms with E-state index in [2.05, 4.69) is 26.2 Å². The van der Waals surface area contributed by atoms with E-state index in [0.717, 1.165) is 10.0 Å². The Morgan fingerprint density at radius 3 is 2.72 bits per heavy atom. The molecule has 1 heterocycles. The number of rotatable bonds is 2. The Morgan fingerprint density at radius 2 is 2.00 bits per heavy atom. The molecule has 5 heteroatoms. The molecule has 1 N–H and O–H groups in total. The van der Waals surface area contributed by atoms with Crippen LogP contribution in [0.15, 0.2) is 40.9 Å². The van der Waals surface area contributed by atoms with Gasteiger partial charge in [0.15, 0.2) is 0 Å². The van der Waals surface area contributed by atoms with E-state index in [1.807, 2.05) is 19.1 Å². The summed E-state index contributed by atoms with van der Waals surface area (Å²) in [6.45, 7) is 1.92. The van der Waals surface area contributed by atoms with Crippen LogP contribution in [0.2, 0.25) is 0 Å². The van der Waals surface area contributed by atoms with Gasteiger partial charge in [0.2, 0.25) is 5.95 Å². The van der Waals surface area contributed by atoms with Crippen LogP contribution in [0.3, 0.4) is 0 Å². The summed E-state index contributed by atoms with van der Waals surface area (Å²) in [7, 11) is 0. The second-order valence-corrected chi connectivity index (χ2v) is 4.53. The topological polar surface area (TPSA) is 42.0 Å². The number of aromatic nitrogens is 1. The van der Waals surface area contributed by atoms with Crippen LogP contribution in [-0.4, -0.2) is 10.9 Å². The Bertz CT molecular complexity index is 601. The number of amides is 1. The highest BCUT2D eigenvalue weighted by molar-refractivity contribution is 9.10. The number of aryl methyl sites for hydroxylation is 1. The van der Waals surface area contributed by atoms with Crippen LogP contribution in [0.4, 0.5) is 10.1 Å². The third-order valence-corrected chi connectivity index (χ3v) is 3.44. The number of pyridine rings is 1. The van der Waals surface area contributed by atoms with Gasteiger partial charge in [0, 0.05) is 4.47 Å². The second-order valence-electron chi connectivity index (χ2n) is 3.74. The highest BCUT2D eigenvalue weighted by atomic mass is 79.9. The molecule has 2 aromatic rings.